The lowest BCUT2D eigenvalue weighted by atomic mass is 9.91. The molecule has 0 amide bonds. The quantitative estimate of drug-likeness (QED) is 0.0515. The number of rotatable bonds is 19. The third-order valence-electron chi connectivity index (χ3n) is 11.7. The number of nitrogens with zero attached hydrogens (tertiary/aromatic N) is 3. The summed E-state index contributed by atoms with van der Waals surface area (Å²) < 4.78 is 19.2. The van der Waals surface area contributed by atoms with Crippen molar-refractivity contribution >= 4 is 23.5 Å². The zero-order valence-electron chi connectivity index (χ0n) is 34.4. The van der Waals surface area contributed by atoms with Crippen LogP contribution in [-0.2, 0) is 42.1 Å². The first-order valence-electron chi connectivity index (χ1n) is 20.4. The Morgan fingerprint density at radius 2 is 1.45 bits per heavy atom. The summed E-state index contributed by atoms with van der Waals surface area (Å²) in [5.74, 6) is -1.22. The molecule has 15 heteroatoms. The van der Waals surface area contributed by atoms with Crippen LogP contribution in [0.5, 0.6) is 17.5 Å². The van der Waals surface area contributed by atoms with Gasteiger partial charge in [0.1, 0.15) is 46.7 Å². The maximum atomic E-state index is 12.1. The minimum absolute atomic E-state index is 0.0103. The van der Waals surface area contributed by atoms with Gasteiger partial charge in [-0.05, 0) is 109 Å². The van der Waals surface area contributed by atoms with Crippen molar-refractivity contribution in [3.63, 3.8) is 0 Å². The van der Waals surface area contributed by atoms with Gasteiger partial charge in [0.15, 0.2) is 0 Å². The number of nitriles is 1. The molecule has 322 valence electrons. The lowest BCUT2D eigenvalue weighted by Crippen LogP contribution is -2.52. The second-order valence-electron chi connectivity index (χ2n) is 16.0. The molecule has 0 spiro atoms. The van der Waals surface area contributed by atoms with Gasteiger partial charge in [0.05, 0.1) is 12.2 Å². The van der Waals surface area contributed by atoms with Crippen LogP contribution in [0.3, 0.4) is 0 Å². The van der Waals surface area contributed by atoms with E-state index in [2.05, 4.69) is 52.0 Å². The molecule has 4 atom stereocenters. The number of hydrogen-bond acceptors (Lipinski definition) is 12. The van der Waals surface area contributed by atoms with E-state index >= 15 is 0 Å². The van der Waals surface area contributed by atoms with E-state index in [4.69, 9.17) is 30.8 Å². The maximum absolute atomic E-state index is 12.1. The van der Waals surface area contributed by atoms with E-state index in [0.717, 1.165) is 47.1 Å². The summed E-state index contributed by atoms with van der Waals surface area (Å²) in [6.45, 7) is 2.38. The van der Waals surface area contributed by atoms with E-state index in [1.54, 1.807) is 18.3 Å². The van der Waals surface area contributed by atoms with Gasteiger partial charge in [-0.1, -0.05) is 60.1 Å². The monoisotopic (exact) mass is 861 g/mol. The van der Waals surface area contributed by atoms with Crippen molar-refractivity contribution in [2.24, 2.45) is 0 Å². The van der Waals surface area contributed by atoms with Crippen molar-refractivity contribution in [3.05, 3.63) is 135 Å². The van der Waals surface area contributed by atoms with Crippen LogP contribution < -0.4 is 24.8 Å². The number of benzene rings is 3. The van der Waals surface area contributed by atoms with Gasteiger partial charge >= 0.3 is 11.9 Å². The minimum atomic E-state index is -1.44. The third-order valence-corrected chi connectivity index (χ3v) is 12.0. The Hall–Kier alpha value is -6.08. The zero-order chi connectivity index (χ0) is 44.0. The van der Waals surface area contributed by atoms with Gasteiger partial charge in [-0.3, -0.25) is 25.2 Å². The smallest absolute Gasteiger partial charge is 0.326 e. The van der Waals surface area contributed by atoms with Gasteiger partial charge in [0, 0.05) is 43.2 Å². The predicted octanol–water partition coefficient (Wildman–Crippen LogP) is 6.62. The molecule has 0 fully saturated rings. The summed E-state index contributed by atoms with van der Waals surface area (Å²) in [4.78, 5) is 32.5. The maximum Gasteiger partial charge on any atom is 0.326 e. The highest BCUT2D eigenvalue weighted by Crippen LogP contribution is 2.45. The van der Waals surface area contributed by atoms with Crippen molar-refractivity contribution in [1.82, 2.24) is 20.6 Å². The van der Waals surface area contributed by atoms with Gasteiger partial charge < -0.3 is 34.6 Å². The van der Waals surface area contributed by atoms with Crippen molar-refractivity contribution in [2.75, 3.05) is 13.2 Å². The molecule has 0 bridgehead atoms. The molecule has 2 heterocycles. The molecular formula is C47H48ClN5O9. The topological polar surface area (TPSA) is 216 Å². The fourth-order valence-corrected chi connectivity index (χ4v) is 8.07. The van der Waals surface area contributed by atoms with Crippen molar-refractivity contribution in [2.45, 2.75) is 88.9 Å². The lowest BCUT2D eigenvalue weighted by molar-refractivity contribution is -0.146. The van der Waals surface area contributed by atoms with E-state index in [1.807, 2.05) is 30.3 Å². The number of aliphatic hydroxyl groups is 2. The summed E-state index contributed by atoms with van der Waals surface area (Å²) in [7, 11) is 0. The van der Waals surface area contributed by atoms with Crippen LogP contribution in [0.25, 0.3) is 11.1 Å². The fraction of sp³-hybridized carbons (Fsp3) is 0.340. The summed E-state index contributed by atoms with van der Waals surface area (Å²) in [6.07, 6.45) is 5.57. The first-order valence-corrected chi connectivity index (χ1v) is 20.7. The average molecular weight is 862 g/mol. The fourth-order valence-electron chi connectivity index (χ4n) is 7.86. The normalized spacial score (nSPS) is 17.2. The molecule has 0 saturated carbocycles. The largest absolute Gasteiger partial charge is 0.486 e. The van der Waals surface area contributed by atoms with E-state index in [-0.39, 0.29) is 61.7 Å². The number of fused-ring (bicyclic) bond motifs is 2. The van der Waals surface area contributed by atoms with Crippen LogP contribution in [-0.4, -0.2) is 66.6 Å². The highest BCUT2D eigenvalue weighted by molar-refractivity contribution is 6.31. The van der Waals surface area contributed by atoms with Crippen LogP contribution >= 0.6 is 11.6 Å². The van der Waals surface area contributed by atoms with Crippen molar-refractivity contribution in [1.29, 1.82) is 5.26 Å². The number of carboxylic acid groups (broad SMARTS) is 2. The minimum Gasteiger partial charge on any atom is -0.486 e. The molecule has 62 heavy (non-hydrogen) atoms. The lowest BCUT2D eigenvalue weighted by Gasteiger charge is -2.26. The molecule has 0 radical (unpaired) electrons. The molecule has 6 N–H and O–H groups in total. The SMILES string of the molecule is CC(CO)(NCc1ccc(O[C@H]2CCc3c(-c4cccc5c4CC[C@@H]5Oc4nc(OCc5cncc(C#N)c5)c(CN[C@@](C)(CCO)C(=O)O)cc4Cl)cccc32)cc1)C(=O)O. The molecule has 0 aliphatic heterocycles. The molecule has 1 unspecified atom stereocenters. The number of carboxylic acids is 2. The Morgan fingerprint density at radius 3 is 2.05 bits per heavy atom. The van der Waals surface area contributed by atoms with Crippen LogP contribution in [0.2, 0.25) is 5.02 Å². The Balaban J connectivity index is 1.09. The molecule has 0 saturated heterocycles. The van der Waals surface area contributed by atoms with E-state index in [0.29, 0.717) is 28.9 Å². The van der Waals surface area contributed by atoms with E-state index in [1.165, 1.54) is 31.2 Å². The van der Waals surface area contributed by atoms with E-state index in [9.17, 15) is 35.3 Å². The Morgan fingerprint density at radius 1 is 0.823 bits per heavy atom. The number of carbonyl (C=O) groups is 2. The number of pyridine rings is 2. The number of ether oxygens (including phenoxy) is 3. The highest BCUT2D eigenvalue weighted by Gasteiger charge is 2.35. The predicted molar refractivity (Wildman–Crippen MR) is 229 cm³/mol. The molecule has 3 aromatic carbocycles. The molecule has 2 aliphatic carbocycles. The summed E-state index contributed by atoms with van der Waals surface area (Å²) in [5.41, 5.74) is 6.30. The third kappa shape index (κ3) is 9.52. The summed E-state index contributed by atoms with van der Waals surface area (Å²) in [5, 5.41) is 53.9. The summed E-state index contributed by atoms with van der Waals surface area (Å²) >= 11 is 6.84. The number of halogens is 1. The molecule has 5 aromatic rings. The zero-order valence-corrected chi connectivity index (χ0v) is 35.1. The van der Waals surface area contributed by atoms with Gasteiger partial charge in [-0.15, -0.1) is 0 Å². The first-order chi connectivity index (χ1) is 29.8. The molecule has 2 aromatic heterocycles. The van der Waals surface area contributed by atoms with Crippen LogP contribution in [0, 0.1) is 11.3 Å². The average Bonchev–Trinajstić information content (AvgIpc) is 3.89. The Labute approximate surface area is 364 Å². The van der Waals surface area contributed by atoms with Gasteiger partial charge in [0.2, 0.25) is 11.8 Å². The first kappa shape index (κ1) is 44.0. The Kier molecular flexibility index (Phi) is 13.4. The molecule has 2 aliphatic rings. The number of hydrogen-bond donors (Lipinski definition) is 6. The molecule has 7 rings (SSSR count). The van der Waals surface area contributed by atoms with Crippen LogP contribution in [0.1, 0.15) is 89.8 Å². The second kappa shape index (κ2) is 18.9. The number of aliphatic carboxylic acids is 2. The number of nitrogens with one attached hydrogen (secondary N) is 2. The van der Waals surface area contributed by atoms with Gasteiger partial charge in [-0.2, -0.15) is 10.2 Å². The second-order valence-corrected chi connectivity index (χ2v) is 16.4. The molecule has 14 nitrogen and oxygen atoms in total. The van der Waals surface area contributed by atoms with Crippen LogP contribution in [0.4, 0.5) is 0 Å². The van der Waals surface area contributed by atoms with Crippen molar-refractivity contribution in [3.8, 4) is 34.7 Å². The highest BCUT2D eigenvalue weighted by atomic mass is 35.5. The van der Waals surface area contributed by atoms with Gasteiger partial charge in [-0.25, -0.2) is 0 Å². The number of aliphatic hydroxyl groups excluding tert-OH is 2. The Bertz CT molecular complexity index is 2500. The number of aromatic nitrogens is 2. The summed E-state index contributed by atoms with van der Waals surface area (Å²) in [6, 6.07) is 25.4. The van der Waals surface area contributed by atoms with Crippen molar-refractivity contribution < 1.29 is 44.2 Å². The van der Waals surface area contributed by atoms with E-state index < -0.39 is 29.6 Å². The molecular weight excluding hydrogens is 814 g/mol. The van der Waals surface area contributed by atoms with Crippen LogP contribution in [0.15, 0.2) is 85.2 Å². The van der Waals surface area contributed by atoms with Gasteiger partial charge in [0.25, 0.3) is 0 Å². The standard InChI is InChI=1S/C47H48ClN5O9/c1-46(17-18-54,44(56)57)52-25-31-20-39(48)43(53-42(31)60-26-30-19-29(21-49)22-50-23-30)62-41-16-14-36-34(6-4-8-38(36)41)33-5-3-7-37-35(33)13-15-40(37)61-32-11-9-28(10-12-32)24-51-47(2,27-55)45(58)59/h3-12,19-20,22-23,40-41,51-52,54-55H,13-18,24-27H2,1-2H3,(H,56,57)(H,58,59)/t40-,41-,46-,47?/m0/s1.